The molecule has 3 aromatic rings. The molecule has 2 N–H and O–H groups in total. The van der Waals surface area contributed by atoms with Crippen LogP contribution in [0.5, 0.6) is 0 Å². The Morgan fingerprint density at radius 1 is 1.10 bits per heavy atom. The van der Waals surface area contributed by atoms with Crippen LogP contribution in [-0.2, 0) is 22.6 Å². The van der Waals surface area contributed by atoms with E-state index in [1.807, 2.05) is 48.5 Å². The van der Waals surface area contributed by atoms with E-state index in [4.69, 9.17) is 4.52 Å². The second-order valence-electron chi connectivity index (χ2n) is 7.31. The summed E-state index contributed by atoms with van der Waals surface area (Å²) in [7, 11) is 0. The summed E-state index contributed by atoms with van der Waals surface area (Å²) in [5, 5.41) is 9.25. The number of nitrogens with one attached hydrogen (secondary N) is 2. The monoisotopic (exact) mass is 418 g/mol. The largest absolute Gasteiger partial charge is 0.355 e. The first kappa shape index (κ1) is 20.3. The van der Waals surface area contributed by atoms with Gasteiger partial charge in [0.1, 0.15) is 0 Å². The summed E-state index contributed by atoms with van der Waals surface area (Å²) in [5.74, 6) is -0.294. The predicted molar refractivity (Wildman–Crippen MR) is 114 cm³/mol. The molecule has 4 rings (SSSR count). The van der Waals surface area contributed by atoms with Crippen molar-refractivity contribution in [2.45, 2.75) is 19.9 Å². The summed E-state index contributed by atoms with van der Waals surface area (Å²) in [6, 6.07) is 16.6. The highest BCUT2D eigenvalue weighted by Gasteiger charge is 2.23. The van der Waals surface area contributed by atoms with E-state index >= 15 is 0 Å². The minimum Gasteiger partial charge on any atom is -0.355 e. The van der Waals surface area contributed by atoms with Crippen LogP contribution in [0.4, 0.5) is 5.69 Å². The van der Waals surface area contributed by atoms with Crippen LogP contribution in [0.3, 0.4) is 0 Å². The Labute approximate surface area is 179 Å². The lowest BCUT2D eigenvalue weighted by atomic mass is 9.97. The van der Waals surface area contributed by atoms with Crippen molar-refractivity contribution < 1.29 is 18.9 Å². The van der Waals surface area contributed by atoms with Crippen molar-refractivity contribution in [2.24, 2.45) is 0 Å². The average Bonchev–Trinajstić information content (AvgIpc) is 3.28. The van der Waals surface area contributed by atoms with Gasteiger partial charge in [-0.15, -0.1) is 0 Å². The number of amides is 3. The highest BCUT2D eigenvalue weighted by molar-refractivity contribution is 5.95. The van der Waals surface area contributed by atoms with Gasteiger partial charge in [-0.05, 0) is 23.6 Å². The number of aromatic nitrogens is 1. The van der Waals surface area contributed by atoms with Gasteiger partial charge in [-0.2, -0.15) is 0 Å². The Kier molecular flexibility index (Phi) is 5.79. The van der Waals surface area contributed by atoms with Gasteiger partial charge in [-0.1, -0.05) is 47.6 Å². The molecule has 0 saturated carbocycles. The van der Waals surface area contributed by atoms with E-state index in [2.05, 4.69) is 15.8 Å². The Hall–Kier alpha value is -3.94. The highest BCUT2D eigenvalue weighted by atomic mass is 16.5. The molecular formula is C23H22N4O4. The van der Waals surface area contributed by atoms with Crippen LogP contribution in [-0.4, -0.2) is 40.9 Å². The first-order chi connectivity index (χ1) is 15.0. The summed E-state index contributed by atoms with van der Waals surface area (Å²) in [4.78, 5) is 38.1. The second-order valence-corrected chi connectivity index (χ2v) is 7.31. The third kappa shape index (κ3) is 4.63. The lowest BCUT2D eigenvalue weighted by molar-refractivity contribution is -0.131. The molecule has 2 aromatic carbocycles. The number of carbonyl (C=O) groups excluding carboxylic acids is 3. The Balaban J connectivity index is 1.35. The molecule has 0 fully saturated rings. The van der Waals surface area contributed by atoms with Crippen molar-refractivity contribution in [3.05, 3.63) is 71.4 Å². The fraction of sp³-hybridized carbons (Fsp3) is 0.217. The summed E-state index contributed by atoms with van der Waals surface area (Å²) in [6.45, 7) is 2.28. The maximum absolute atomic E-state index is 12.6. The number of hydrogen-bond donors (Lipinski definition) is 2. The topological polar surface area (TPSA) is 105 Å². The molecule has 2 heterocycles. The van der Waals surface area contributed by atoms with Gasteiger partial charge in [0.05, 0.1) is 6.54 Å². The normalized spacial score (nSPS) is 12.7. The summed E-state index contributed by atoms with van der Waals surface area (Å²) < 4.78 is 5.24. The molecule has 1 aliphatic heterocycles. The van der Waals surface area contributed by atoms with Crippen molar-refractivity contribution in [1.82, 2.24) is 15.4 Å². The molecule has 8 nitrogen and oxygen atoms in total. The molecule has 0 radical (unpaired) electrons. The predicted octanol–water partition coefficient (Wildman–Crippen LogP) is 2.61. The zero-order chi connectivity index (χ0) is 21.8. The van der Waals surface area contributed by atoms with Gasteiger partial charge < -0.3 is 20.1 Å². The van der Waals surface area contributed by atoms with Crippen molar-refractivity contribution in [2.75, 3.05) is 18.4 Å². The maximum Gasteiger partial charge on any atom is 0.273 e. The zero-order valence-corrected chi connectivity index (χ0v) is 17.1. The molecule has 0 saturated heterocycles. The molecule has 3 amide bonds. The van der Waals surface area contributed by atoms with Gasteiger partial charge >= 0.3 is 0 Å². The minimum absolute atomic E-state index is 0.121. The minimum atomic E-state index is -0.468. The molecule has 0 bridgehead atoms. The SMILES string of the molecule is CC(=O)Nc1cccc2c1CCN(C(=O)CNC(=O)c1cc(-c3ccccc3)on1)C2. The second kappa shape index (κ2) is 8.83. The molecule has 0 spiro atoms. The smallest absolute Gasteiger partial charge is 0.273 e. The van der Waals surface area contributed by atoms with E-state index < -0.39 is 5.91 Å². The lowest BCUT2D eigenvalue weighted by Gasteiger charge is -2.30. The van der Waals surface area contributed by atoms with Crippen molar-refractivity contribution in [3.8, 4) is 11.3 Å². The van der Waals surface area contributed by atoms with E-state index in [0.29, 0.717) is 25.3 Å². The quantitative estimate of drug-likeness (QED) is 0.663. The molecule has 1 aliphatic rings. The lowest BCUT2D eigenvalue weighted by Crippen LogP contribution is -2.42. The van der Waals surface area contributed by atoms with Gasteiger partial charge in [-0.3, -0.25) is 14.4 Å². The molecule has 0 unspecified atom stereocenters. The molecule has 158 valence electrons. The average molecular weight is 418 g/mol. The number of carbonyl (C=O) groups is 3. The van der Waals surface area contributed by atoms with Crippen molar-refractivity contribution in [1.29, 1.82) is 0 Å². The van der Waals surface area contributed by atoms with Crippen molar-refractivity contribution >= 4 is 23.4 Å². The molecule has 8 heteroatoms. The first-order valence-corrected chi connectivity index (χ1v) is 9.98. The van der Waals surface area contributed by atoms with E-state index in [9.17, 15) is 14.4 Å². The van der Waals surface area contributed by atoms with E-state index in [0.717, 1.165) is 22.4 Å². The van der Waals surface area contributed by atoms with Gasteiger partial charge in [0, 0.05) is 37.3 Å². The zero-order valence-electron chi connectivity index (χ0n) is 17.1. The van der Waals surface area contributed by atoms with Crippen molar-refractivity contribution in [3.63, 3.8) is 0 Å². The van der Waals surface area contributed by atoms with Gasteiger partial charge in [0.2, 0.25) is 11.8 Å². The fourth-order valence-electron chi connectivity index (χ4n) is 3.61. The van der Waals surface area contributed by atoms with Gasteiger partial charge in [-0.25, -0.2) is 0 Å². The summed E-state index contributed by atoms with van der Waals surface area (Å²) >= 11 is 0. The van der Waals surface area contributed by atoms with Crippen LogP contribution in [0.15, 0.2) is 59.1 Å². The number of hydrogen-bond acceptors (Lipinski definition) is 5. The number of anilines is 1. The van der Waals surface area contributed by atoms with Gasteiger partial charge in [0.15, 0.2) is 11.5 Å². The standard InChI is InChI=1S/C23H22N4O4/c1-15(28)25-19-9-5-8-17-14-27(11-10-18(17)19)22(29)13-24-23(30)20-12-21(31-26-20)16-6-3-2-4-7-16/h2-9,12H,10-11,13-14H2,1H3,(H,24,30)(H,25,28). The summed E-state index contributed by atoms with van der Waals surface area (Å²) in [6.07, 6.45) is 0.634. The number of rotatable bonds is 5. The number of nitrogens with zero attached hydrogens (tertiary/aromatic N) is 2. The molecular weight excluding hydrogens is 396 g/mol. The van der Waals surface area contributed by atoms with Crippen LogP contribution in [0.25, 0.3) is 11.3 Å². The first-order valence-electron chi connectivity index (χ1n) is 9.98. The Morgan fingerprint density at radius 2 is 1.90 bits per heavy atom. The molecule has 1 aromatic heterocycles. The van der Waals surface area contributed by atoms with Crippen LogP contribution in [0.1, 0.15) is 28.5 Å². The van der Waals surface area contributed by atoms with Crippen LogP contribution >= 0.6 is 0 Å². The fourth-order valence-corrected chi connectivity index (χ4v) is 3.61. The molecule has 0 aliphatic carbocycles. The van der Waals surface area contributed by atoms with E-state index in [1.54, 1.807) is 11.0 Å². The van der Waals surface area contributed by atoms with Crippen LogP contribution in [0, 0.1) is 0 Å². The molecule has 0 atom stereocenters. The third-order valence-corrected chi connectivity index (χ3v) is 5.13. The Morgan fingerprint density at radius 3 is 2.68 bits per heavy atom. The third-order valence-electron chi connectivity index (χ3n) is 5.13. The maximum atomic E-state index is 12.6. The van der Waals surface area contributed by atoms with Gasteiger partial charge in [0.25, 0.3) is 5.91 Å². The number of benzene rings is 2. The number of fused-ring (bicyclic) bond motifs is 1. The van der Waals surface area contributed by atoms with Crippen LogP contribution in [0.2, 0.25) is 0 Å². The van der Waals surface area contributed by atoms with E-state index in [1.165, 1.54) is 6.92 Å². The highest BCUT2D eigenvalue weighted by Crippen LogP contribution is 2.26. The van der Waals surface area contributed by atoms with Crippen LogP contribution < -0.4 is 10.6 Å². The molecule has 31 heavy (non-hydrogen) atoms. The summed E-state index contributed by atoms with van der Waals surface area (Å²) in [5.41, 5.74) is 3.75. The van der Waals surface area contributed by atoms with E-state index in [-0.39, 0.29) is 24.1 Å². The Bertz CT molecular complexity index is 1120.